The summed E-state index contributed by atoms with van der Waals surface area (Å²) in [5, 5.41) is 3.01. The summed E-state index contributed by atoms with van der Waals surface area (Å²) < 4.78 is 11.3. The Labute approximate surface area is 197 Å². The molecule has 0 aliphatic carbocycles. The van der Waals surface area contributed by atoms with Gasteiger partial charge < -0.3 is 19.7 Å². The standard InChI is InChI=1S/C27H36N2O4/c1-5-23(27(31)28-17-19(2)3)29(18-22-9-7-6-8-20(22)4)26(30)13-11-21-10-12-24-25(16-21)33-15-14-32-24/h6-10,12,16,19,23H,5,11,13-15,17-18H2,1-4H3,(H,28,31)/t23-/m1/s1. The van der Waals surface area contributed by atoms with E-state index in [2.05, 4.69) is 19.2 Å². The van der Waals surface area contributed by atoms with Crippen LogP contribution in [0.2, 0.25) is 0 Å². The molecular formula is C27H36N2O4. The van der Waals surface area contributed by atoms with Crippen molar-refractivity contribution in [1.29, 1.82) is 0 Å². The van der Waals surface area contributed by atoms with Gasteiger partial charge in [0.05, 0.1) is 0 Å². The molecule has 3 rings (SSSR count). The lowest BCUT2D eigenvalue weighted by molar-refractivity contribution is -0.141. The van der Waals surface area contributed by atoms with Gasteiger partial charge in [0.2, 0.25) is 11.8 Å². The summed E-state index contributed by atoms with van der Waals surface area (Å²) in [6, 6.07) is 13.3. The Morgan fingerprint density at radius 1 is 1.06 bits per heavy atom. The summed E-state index contributed by atoms with van der Waals surface area (Å²) in [5.41, 5.74) is 3.18. The summed E-state index contributed by atoms with van der Waals surface area (Å²) in [6.07, 6.45) is 1.45. The number of nitrogens with one attached hydrogen (secondary N) is 1. The van der Waals surface area contributed by atoms with Crippen LogP contribution < -0.4 is 14.8 Å². The number of carbonyl (C=O) groups excluding carboxylic acids is 2. The molecule has 0 spiro atoms. The van der Waals surface area contributed by atoms with Gasteiger partial charge in [0, 0.05) is 19.5 Å². The van der Waals surface area contributed by atoms with Crippen molar-refractivity contribution in [2.24, 2.45) is 5.92 Å². The maximum absolute atomic E-state index is 13.5. The predicted molar refractivity (Wildman–Crippen MR) is 129 cm³/mol. The first-order valence-electron chi connectivity index (χ1n) is 11.9. The van der Waals surface area contributed by atoms with Crippen LogP contribution in [0.15, 0.2) is 42.5 Å². The second kappa shape index (κ2) is 11.7. The molecule has 1 heterocycles. The summed E-state index contributed by atoms with van der Waals surface area (Å²) >= 11 is 0. The lowest BCUT2D eigenvalue weighted by atomic mass is 10.0. The van der Waals surface area contributed by atoms with E-state index in [-0.39, 0.29) is 11.8 Å². The summed E-state index contributed by atoms with van der Waals surface area (Å²) in [7, 11) is 0. The van der Waals surface area contributed by atoms with Crippen LogP contribution in [0.25, 0.3) is 0 Å². The average Bonchev–Trinajstić information content (AvgIpc) is 2.82. The molecule has 1 N–H and O–H groups in total. The molecule has 0 fully saturated rings. The van der Waals surface area contributed by atoms with Crippen molar-refractivity contribution in [3.63, 3.8) is 0 Å². The van der Waals surface area contributed by atoms with Gasteiger partial charge in [-0.25, -0.2) is 0 Å². The SMILES string of the molecule is CC[C@H](C(=O)NCC(C)C)N(Cc1ccccc1C)C(=O)CCc1ccc2c(c1)OCCO2. The highest BCUT2D eigenvalue weighted by Gasteiger charge is 2.28. The zero-order valence-electron chi connectivity index (χ0n) is 20.2. The highest BCUT2D eigenvalue weighted by atomic mass is 16.6. The molecule has 2 aromatic rings. The second-order valence-electron chi connectivity index (χ2n) is 8.99. The van der Waals surface area contributed by atoms with E-state index in [0.29, 0.717) is 51.5 Å². The third kappa shape index (κ3) is 6.73. The molecule has 0 saturated heterocycles. The lowest BCUT2D eigenvalue weighted by Crippen LogP contribution is -2.49. The third-order valence-electron chi connectivity index (χ3n) is 5.91. The number of ether oxygens (including phenoxy) is 2. The molecule has 0 aromatic heterocycles. The second-order valence-corrected chi connectivity index (χ2v) is 8.99. The van der Waals surface area contributed by atoms with E-state index in [0.717, 1.165) is 28.2 Å². The monoisotopic (exact) mass is 452 g/mol. The van der Waals surface area contributed by atoms with E-state index in [1.807, 2.05) is 56.3 Å². The van der Waals surface area contributed by atoms with Crippen molar-refractivity contribution in [3.05, 3.63) is 59.2 Å². The minimum absolute atomic E-state index is 0.0281. The number of carbonyl (C=O) groups is 2. The third-order valence-corrected chi connectivity index (χ3v) is 5.91. The molecule has 6 heteroatoms. The van der Waals surface area contributed by atoms with Crippen LogP contribution in [0.1, 0.15) is 50.3 Å². The predicted octanol–water partition coefficient (Wildman–Crippen LogP) is 4.28. The maximum Gasteiger partial charge on any atom is 0.242 e. The summed E-state index contributed by atoms with van der Waals surface area (Å²) in [4.78, 5) is 28.2. The molecular weight excluding hydrogens is 416 g/mol. The fraction of sp³-hybridized carbons (Fsp3) is 0.481. The molecule has 0 unspecified atom stereocenters. The van der Waals surface area contributed by atoms with Crippen LogP contribution in [-0.2, 0) is 22.6 Å². The quantitative estimate of drug-likeness (QED) is 0.584. The fourth-order valence-electron chi connectivity index (χ4n) is 3.95. The van der Waals surface area contributed by atoms with Crippen molar-refractivity contribution >= 4 is 11.8 Å². The van der Waals surface area contributed by atoms with Crippen molar-refractivity contribution < 1.29 is 19.1 Å². The number of nitrogens with zero attached hydrogens (tertiary/aromatic N) is 1. The van der Waals surface area contributed by atoms with Gasteiger partial charge in [0.15, 0.2) is 11.5 Å². The molecule has 1 atom stereocenters. The normalized spacial score (nSPS) is 13.5. The highest BCUT2D eigenvalue weighted by Crippen LogP contribution is 2.31. The van der Waals surface area contributed by atoms with Gasteiger partial charge >= 0.3 is 0 Å². The molecule has 0 saturated carbocycles. The lowest BCUT2D eigenvalue weighted by Gasteiger charge is -2.31. The van der Waals surface area contributed by atoms with Crippen molar-refractivity contribution in [3.8, 4) is 11.5 Å². The highest BCUT2D eigenvalue weighted by molar-refractivity contribution is 5.87. The zero-order chi connectivity index (χ0) is 23.8. The zero-order valence-corrected chi connectivity index (χ0v) is 20.2. The number of fused-ring (bicyclic) bond motifs is 1. The first-order chi connectivity index (χ1) is 15.9. The first kappa shape index (κ1) is 24.6. The fourth-order valence-corrected chi connectivity index (χ4v) is 3.95. The van der Waals surface area contributed by atoms with E-state index in [4.69, 9.17) is 9.47 Å². The van der Waals surface area contributed by atoms with Gasteiger partial charge in [-0.3, -0.25) is 9.59 Å². The van der Waals surface area contributed by atoms with Gasteiger partial charge in [0.25, 0.3) is 0 Å². The van der Waals surface area contributed by atoms with E-state index < -0.39 is 6.04 Å². The molecule has 6 nitrogen and oxygen atoms in total. The summed E-state index contributed by atoms with van der Waals surface area (Å²) in [5.74, 6) is 1.70. The molecule has 33 heavy (non-hydrogen) atoms. The topological polar surface area (TPSA) is 67.9 Å². The van der Waals surface area contributed by atoms with Crippen LogP contribution >= 0.6 is 0 Å². The Morgan fingerprint density at radius 3 is 2.48 bits per heavy atom. The van der Waals surface area contributed by atoms with E-state index >= 15 is 0 Å². The molecule has 2 aromatic carbocycles. The number of hydrogen-bond donors (Lipinski definition) is 1. The average molecular weight is 453 g/mol. The minimum Gasteiger partial charge on any atom is -0.486 e. The number of hydrogen-bond acceptors (Lipinski definition) is 4. The van der Waals surface area contributed by atoms with Crippen LogP contribution in [-0.4, -0.2) is 42.5 Å². The van der Waals surface area contributed by atoms with Gasteiger partial charge in [-0.1, -0.05) is 51.1 Å². The Hall–Kier alpha value is -3.02. The van der Waals surface area contributed by atoms with E-state index in [1.165, 1.54) is 0 Å². The molecule has 178 valence electrons. The number of rotatable bonds is 10. The van der Waals surface area contributed by atoms with Crippen molar-refractivity contribution in [2.75, 3.05) is 19.8 Å². The van der Waals surface area contributed by atoms with Crippen LogP contribution in [0.4, 0.5) is 0 Å². The van der Waals surface area contributed by atoms with Gasteiger partial charge in [-0.2, -0.15) is 0 Å². The van der Waals surface area contributed by atoms with Crippen LogP contribution in [0.5, 0.6) is 11.5 Å². The van der Waals surface area contributed by atoms with Gasteiger partial charge in [-0.15, -0.1) is 0 Å². The molecule has 0 bridgehead atoms. The molecule has 1 aliphatic heterocycles. The largest absolute Gasteiger partial charge is 0.486 e. The van der Waals surface area contributed by atoms with E-state index in [9.17, 15) is 9.59 Å². The first-order valence-corrected chi connectivity index (χ1v) is 11.9. The maximum atomic E-state index is 13.5. The van der Waals surface area contributed by atoms with Gasteiger partial charge in [-0.05, 0) is 54.5 Å². The minimum atomic E-state index is -0.504. The Kier molecular flexibility index (Phi) is 8.75. The number of amides is 2. The Morgan fingerprint density at radius 2 is 1.79 bits per heavy atom. The van der Waals surface area contributed by atoms with Gasteiger partial charge in [0.1, 0.15) is 19.3 Å². The Bertz CT molecular complexity index is 957. The van der Waals surface area contributed by atoms with Crippen molar-refractivity contribution in [1.82, 2.24) is 10.2 Å². The Balaban J connectivity index is 1.76. The van der Waals surface area contributed by atoms with E-state index in [1.54, 1.807) is 4.90 Å². The molecule has 2 amide bonds. The summed E-state index contributed by atoms with van der Waals surface area (Å²) in [6.45, 7) is 10.2. The van der Waals surface area contributed by atoms with Crippen LogP contribution in [0, 0.1) is 12.8 Å². The van der Waals surface area contributed by atoms with Crippen LogP contribution in [0.3, 0.4) is 0 Å². The molecule has 1 aliphatic rings. The smallest absolute Gasteiger partial charge is 0.242 e. The number of aryl methyl sites for hydroxylation is 2. The molecule has 0 radical (unpaired) electrons. The number of benzene rings is 2. The van der Waals surface area contributed by atoms with Crippen molar-refractivity contribution in [2.45, 2.75) is 59.5 Å².